The minimum absolute atomic E-state index is 0.0215. The van der Waals surface area contributed by atoms with Crippen LogP contribution >= 0.6 is 0 Å². The van der Waals surface area contributed by atoms with E-state index in [1.54, 1.807) is 6.92 Å². The Bertz CT molecular complexity index is 1880. The van der Waals surface area contributed by atoms with E-state index in [0.717, 1.165) is 19.0 Å². The number of hydrogen-bond donors (Lipinski definition) is 1. The molecule has 3 aliphatic heterocycles. The van der Waals surface area contributed by atoms with Gasteiger partial charge in [0.1, 0.15) is 53.4 Å². The number of pyridine rings is 1. The van der Waals surface area contributed by atoms with Crippen LogP contribution in [-0.4, -0.2) is 82.0 Å². The lowest BCUT2D eigenvalue weighted by Gasteiger charge is -2.31. The van der Waals surface area contributed by atoms with Gasteiger partial charge in [-0.3, -0.25) is 4.90 Å². The molecule has 4 aromatic rings. The number of phenols is 1. The quantitative estimate of drug-likeness (QED) is 0.219. The van der Waals surface area contributed by atoms with E-state index in [2.05, 4.69) is 20.9 Å². The molecule has 0 amide bonds. The highest BCUT2D eigenvalue weighted by Crippen LogP contribution is 2.44. The molecule has 2 fully saturated rings. The molecule has 7 rings (SSSR count). The second-order valence-corrected chi connectivity index (χ2v) is 11.9. The Balaban J connectivity index is 1.45. The Hall–Kier alpha value is -4.44. The number of rotatable bonds is 6. The molecular formula is C32H28F5N5O3. The first-order valence-electron chi connectivity index (χ1n) is 14.6. The Kier molecular flexibility index (Phi) is 7.07. The maximum Gasteiger partial charge on any atom is 0.319 e. The van der Waals surface area contributed by atoms with Crippen molar-refractivity contribution in [3.63, 3.8) is 0 Å². The van der Waals surface area contributed by atoms with Gasteiger partial charge in [-0.1, -0.05) is 12.0 Å². The first-order valence-corrected chi connectivity index (χ1v) is 14.6. The van der Waals surface area contributed by atoms with Crippen LogP contribution in [0.2, 0.25) is 0 Å². The molecule has 2 aromatic heterocycles. The highest BCUT2D eigenvalue weighted by Gasteiger charge is 2.49. The third kappa shape index (κ3) is 4.82. The van der Waals surface area contributed by atoms with Gasteiger partial charge in [0.2, 0.25) is 5.88 Å². The molecule has 8 nitrogen and oxygen atoms in total. The van der Waals surface area contributed by atoms with Crippen molar-refractivity contribution in [1.82, 2.24) is 19.9 Å². The van der Waals surface area contributed by atoms with Crippen LogP contribution in [0.25, 0.3) is 32.9 Å². The SMILES string of the molecule is C#Cc1c(F)ccc2cc(O)cc(-c3nc4c5c(nc(OC[C@@]67CCCN6C[C@H](F)C7)nc5c3F)N(CC(F)F)[C@@H](C)CO4)c12. The smallest absolute Gasteiger partial charge is 0.319 e. The molecule has 5 heterocycles. The summed E-state index contributed by atoms with van der Waals surface area (Å²) in [7, 11) is 0. The van der Waals surface area contributed by atoms with E-state index in [-0.39, 0.29) is 82.7 Å². The molecule has 3 atom stereocenters. The minimum atomic E-state index is -2.76. The third-order valence-corrected chi connectivity index (χ3v) is 8.99. The number of aromatic hydroxyl groups is 1. The average Bonchev–Trinajstić information content (AvgIpc) is 3.49. The number of ether oxygens (including phenoxy) is 2. The molecule has 2 saturated heterocycles. The molecule has 2 aromatic carbocycles. The van der Waals surface area contributed by atoms with Crippen LogP contribution in [0.4, 0.5) is 27.8 Å². The van der Waals surface area contributed by atoms with E-state index >= 15 is 4.39 Å². The van der Waals surface area contributed by atoms with Crippen molar-refractivity contribution in [2.75, 3.05) is 37.7 Å². The number of phenolic OH excluding ortho intramolecular Hbond substituents is 1. The second kappa shape index (κ2) is 10.9. The van der Waals surface area contributed by atoms with Gasteiger partial charge < -0.3 is 19.5 Å². The number of halogens is 5. The molecule has 0 spiro atoms. The van der Waals surface area contributed by atoms with E-state index in [0.29, 0.717) is 11.8 Å². The van der Waals surface area contributed by atoms with E-state index in [1.807, 2.05) is 4.90 Å². The van der Waals surface area contributed by atoms with E-state index in [4.69, 9.17) is 15.9 Å². The van der Waals surface area contributed by atoms with Gasteiger partial charge >= 0.3 is 6.01 Å². The third-order valence-electron chi connectivity index (χ3n) is 8.99. The van der Waals surface area contributed by atoms with Crippen molar-refractivity contribution >= 4 is 27.5 Å². The largest absolute Gasteiger partial charge is 0.508 e. The molecule has 0 aliphatic carbocycles. The average molecular weight is 626 g/mol. The fraction of sp³-hybridized carbons (Fsp3) is 0.406. The summed E-state index contributed by atoms with van der Waals surface area (Å²) in [4.78, 5) is 16.6. The van der Waals surface area contributed by atoms with Gasteiger partial charge in [0.25, 0.3) is 6.43 Å². The summed E-state index contributed by atoms with van der Waals surface area (Å²) < 4.78 is 85.6. The summed E-state index contributed by atoms with van der Waals surface area (Å²) in [6.07, 6.45) is 3.68. The van der Waals surface area contributed by atoms with Crippen LogP contribution in [0.5, 0.6) is 17.6 Å². The molecule has 1 N–H and O–H groups in total. The highest BCUT2D eigenvalue weighted by atomic mass is 19.3. The van der Waals surface area contributed by atoms with E-state index in [9.17, 15) is 22.7 Å². The number of benzene rings is 2. The molecule has 0 saturated carbocycles. The Morgan fingerprint density at radius 2 is 2.02 bits per heavy atom. The van der Waals surface area contributed by atoms with Crippen LogP contribution in [0.15, 0.2) is 24.3 Å². The minimum Gasteiger partial charge on any atom is -0.508 e. The number of fused-ring (bicyclic) bond motifs is 2. The monoisotopic (exact) mass is 625 g/mol. The maximum atomic E-state index is 16.8. The van der Waals surface area contributed by atoms with E-state index < -0.39 is 42.4 Å². The second-order valence-electron chi connectivity index (χ2n) is 11.9. The number of terminal acetylenes is 1. The fourth-order valence-electron chi connectivity index (χ4n) is 6.97. The zero-order valence-corrected chi connectivity index (χ0v) is 24.2. The van der Waals surface area contributed by atoms with Crippen LogP contribution in [0, 0.1) is 24.0 Å². The fourth-order valence-corrected chi connectivity index (χ4v) is 6.97. The molecule has 234 valence electrons. The van der Waals surface area contributed by atoms with Crippen molar-refractivity contribution in [2.24, 2.45) is 0 Å². The highest BCUT2D eigenvalue weighted by molar-refractivity contribution is 6.04. The van der Waals surface area contributed by atoms with Crippen LogP contribution in [-0.2, 0) is 0 Å². The van der Waals surface area contributed by atoms with Gasteiger partial charge in [0, 0.05) is 23.9 Å². The number of aromatic nitrogens is 3. The Morgan fingerprint density at radius 1 is 1.20 bits per heavy atom. The standard InChI is InChI=1S/C32H28F5N5O3/c1-3-20-22(34)6-5-17-9-19(43)10-21(24(17)20)27-26(37)28-25-29(42(13-23(35)36)16(2)14-44-30(25)38-27)40-31(39-28)45-15-32-7-4-8-41(32)12-18(33)11-32/h1,5-6,9-10,16,18,23,43H,4,7-8,11-15H2,2H3/t16-,18+,32-/m0/s1. The van der Waals surface area contributed by atoms with Gasteiger partial charge in [-0.25, -0.2) is 26.9 Å². The van der Waals surface area contributed by atoms with Crippen LogP contribution in [0.1, 0.15) is 31.7 Å². The molecule has 0 unspecified atom stereocenters. The zero-order chi connectivity index (χ0) is 31.6. The topological polar surface area (TPSA) is 83.8 Å². The summed E-state index contributed by atoms with van der Waals surface area (Å²) in [6, 6.07) is 4.18. The van der Waals surface area contributed by atoms with Gasteiger partial charge in [-0.15, -0.1) is 6.42 Å². The summed E-state index contributed by atoms with van der Waals surface area (Å²) in [5, 5.41) is 10.9. The van der Waals surface area contributed by atoms with Crippen LogP contribution < -0.4 is 14.4 Å². The molecular weight excluding hydrogens is 597 g/mol. The van der Waals surface area contributed by atoms with Crippen molar-refractivity contribution < 1.29 is 36.5 Å². The predicted molar refractivity (Wildman–Crippen MR) is 157 cm³/mol. The Labute approximate surface area is 254 Å². The van der Waals surface area contributed by atoms with Gasteiger partial charge in [0.05, 0.1) is 23.7 Å². The lowest BCUT2D eigenvalue weighted by molar-refractivity contribution is 0.107. The molecule has 0 bridgehead atoms. The first kappa shape index (κ1) is 29.3. The maximum absolute atomic E-state index is 16.8. The van der Waals surface area contributed by atoms with Gasteiger partial charge in [-0.2, -0.15) is 9.97 Å². The summed E-state index contributed by atoms with van der Waals surface area (Å²) in [5.74, 6) is 0.0996. The zero-order valence-electron chi connectivity index (χ0n) is 24.2. The summed E-state index contributed by atoms with van der Waals surface area (Å²) in [5.41, 5.74) is -1.46. The Morgan fingerprint density at radius 3 is 2.80 bits per heavy atom. The predicted octanol–water partition coefficient (Wildman–Crippen LogP) is 5.62. The number of alkyl halides is 3. The molecule has 45 heavy (non-hydrogen) atoms. The molecule has 13 heteroatoms. The van der Waals surface area contributed by atoms with Crippen molar-refractivity contribution in [1.29, 1.82) is 0 Å². The lowest BCUT2D eigenvalue weighted by atomic mass is 9.95. The van der Waals surface area contributed by atoms with Crippen molar-refractivity contribution in [3.05, 3.63) is 41.5 Å². The number of anilines is 1. The van der Waals surface area contributed by atoms with Gasteiger partial charge in [-0.05, 0) is 49.9 Å². The van der Waals surface area contributed by atoms with Crippen LogP contribution in [0.3, 0.4) is 0 Å². The number of hydrogen-bond acceptors (Lipinski definition) is 8. The normalized spacial score (nSPS) is 22.9. The van der Waals surface area contributed by atoms with Crippen molar-refractivity contribution in [2.45, 2.75) is 50.4 Å². The first-order chi connectivity index (χ1) is 21.6. The van der Waals surface area contributed by atoms with Gasteiger partial charge in [0.15, 0.2) is 5.82 Å². The van der Waals surface area contributed by atoms with E-state index in [1.165, 1.54) is 23.1 Å². The number of nitrogens with zero attached hydrogens (tertiary/aromatic N) is 5. The van der Waals surface area contributed by atoms with Crippen molar-refractivity contribution in [3.8, 4) is 41.2 Å². The summed E-state index contributed by atoms with van der Waals surface area (Å²) in [6.45, 7) is 1.84. The molecule has 3 aliphatic rings. The summed E-state index contributed by atoms with van der Waals surface area (Å²) >= 11 is 0. The molecule has 0 radical (unpaired) electrons. The lowest BCUT2D eigenvalue weighted by Crippen LogP contribution is -2.43.